The molecule has 1 aromatic rings. The van der Waals surface area contributed by atoms with Crippen molar-refractivity contribution in [3.8, 4) is 5.75 Å². The van der Waals surface area contributed by atoms with Gasteiger partial charge >= 0.3 is 0 Å². The molecule has 0 spiro atoms. The minimum absolute atomic E-state index is 0.493. The van der Waals surface area contributed by atoms with E-state index in [1.54, 1.807) is 7.11 Å². The molecule has 1 saturated carbocycles. The summed E-state index contributed by atoms with van der Waals surface area (Å²) in [5.74, 6) is 1.01. The maximum absolute atomic E-state index is 5.46. The summed E-state index contributed by atoms with van der Waals surface area (Å²) in [6.45, 7) is 7.11. The largest absolute Gasteiger partial charge is 0.496 e. The molecule has 0 saturated heterocycles. The molecular weight excluding hydrogens is 258 g/mol. The van der Waals surface area contributed by atoms with Crippen molar-refractivity contribution >= 4 is 0 Å². The van der Waals surface area contributed by atoms with Crippen molar-refractivity contribution in [3.63, 3.8) is 0 Å². The van der Waals surface area contributed by atoms with Crippen LogP contribution in [0.2, 0.25) is 0 Å². The van der Waals surface area contributed by atoms with Crippen LogP contribution in [-0.2, 0) is 6.42 Å². The van der Waals surface area contributed by atoms with Crippen molar-refractivity contribution < 1.29 is 4.74 Å². The van der Waals surface area contributed by atoms with Crippen molar-refractivity contribution in [1.29, 1.82) is 0 Å². The zero-order chi connectivity index (χ0) is 15.3. The third-order valence-corrected chi connectivity index (χ3v) is 4.81. The second-order valence-electron chi connectivity index (χ2n) is 7.38. The van der Waals surface area contributed by atoms with Crippen LogP contribution >= 0.6 is 0 Å². The van der Waals surface area contributed by atoms with Crippen molar-refractivity contribution in [2.75, 3.05) is 7.11 Å². The van der Waals surface area contributed by atoms with Crippen LogP contribution in [-0.4, -0.2) is 19.2 Å². The van der Waals surface area contributed by atoms with Crippen LogP contribution in [0, 0.1) is 5.41 Å². The van der Waals surface area contributed by atoms with E-state index in [4.69, 9.17) is 4.74 Å². The summed E-state index contributed by atoms with van der Waals surface area (Å²) >= 11 is 0. The number of para-hydroxylation sites is 1. The van der Waals surface area contributed by atoms with Crippen LogP contribution in [0.5, 0.6) is 5.75 Å². The molecule has 2 rings (SSSR count). The molecule has 0 bridgehead atoms. The van der Waals surface area contributed by atoms with Crippen molar-refractivity contribution in [1.82, 2.24) is 5.32 Å². The van der Waals surface area contributed by atoms with E-state index < -0.39 is 0 Å². The first-order chi connectivity index (χ1) is 10.00. The fourth-order valence-electron chi connectivity index (χ4n) is 3.49. The maximum atomic E-state index is 5.46. The van der Waals surface area contributed by atoms with E-state index in [0.717, 1.165) is 12.2 Å². The van der Waals surface area contributed by atoms with Gasteiger partial charge in [-0.05, 0) is 56.1 Å². The molecule has 0 radical (unpaired) electrons. The van der Waals surface area contributed by atoms with Gasteiger partial charge in [0.15, 0.2) is 0 Å². The van der Waals surface area contributed by atoms with Gasteiger partial charge in [-0.1, -0.05) is 38.5 Å². The molecule has 2 nitrogen and oxygen atoms in total. The molecule has 1 aliphatic carbocycles. The number of methoxy groups -OCH3 is 1. The van der Waals surface area contributed by atoms with E-state index in [0.29, 0.717) is 17.5 Å². The second kappa shape index (κ2) is 7.31. The highest BCUT2D eigenvalue weighted by Gasteiger charge is 2.25. The molecule has 1 N–H and O–H groups in total. The number of benzene rings is 1. The van der Waals surface area contributed by atoms with E-state index >= 15 is 0 Å². The number of nitrogens with one attached hydrogen (secondary N) is 1. The lowest BCUT2D eigenvalue weighted by Gasteiger charge is -2.24. The molecular formula is C19H31NO. The summed E-state index contributed by atoms with van der Waals surface area (Å²) in [5, 5.41) is 3.84. The fraction of sp³-hybridized carbons (Fsp3) is 0.684. The van der Waals surface area contributed by atoms with Gasteiger partial charge in [0.25, 0.3) is 0 Å². The Morgan fingerprint density at radius 2 is 2.00 bits per heavy atom. The highest BCUT2D eigenvalue weighted by atomic mass is 16.5. The molecule has 118 valence electrons. The summed E-state index contributed by atoms with van der Waals surface area (Å²) in [7, 11) is 1.75. The Balaban J connectivity index is 1.88. The Bertz CT molecular complexity index is 441. The molecule has 0 aromatic heterocycles. The maximum Gasteiger partial charge on any atom is 0.122 e. The summed E-state index contributed by atoms with van der Waals surface area (Å²) in [4.78, 5) is 0. The summed E-state index contributed by atoms with van der Waals surface area (Å²) < 4.78 is 5.46. The average Bonchev–Trinajstić information content (AvgIpc) is 2.61. The van der Waals surface area contributed by atoms with Gasteiger partial charge in [-0.2, -0.15) is 0 Å². The van der Waals surface area contributed by atoms with Gasteiger partial charge in [-0.3, -0.25) is 0 Å². The van der Waals surface area contributed by atoms with E-state index in [1.165, 1.54) is 37.7 Å². The number of ether oxygens (including phenoxy) is 1. The summed E-state index contributed by atoms with van der Waals surface area (Å²) in [6.07, 6.45) is 7.72. The Hall–Kier alpha value is -1.02. The van der Waals surface area contributed by atoms with Crippen LogP contribution in [0.15, 0.2) is 24.3 Å². The van der Waals surface area contributed by atoms with Crippen molar-refractivity contribution in [3.05, 3.63) is 29.8 Å². The normalized spacial score (nSPS) is 23.3. The SMILES string of the molecule is COc1ccccc1CC(C)NC1CCCC(C)(C)CC1. The first-order valence-electron chi connectivity index (χ1n) is 8.38. The van der Waals surface area contributed by atoms with Gasteiger partial charge in [0.1, 0.15) is 5.75 Å². The summed E-state index contributed by atoms with van der Waals surface area (Å²) in [5.41, 5.74) is 1.83. The first kappa shape index (κ1) is 16.4. The first-order valence-corrected chi connectivity index (χ1v) is 8.38. The lowest BCUT2D eigenvalue weighted by atomic mass is 9.85. The highest BCUT2D eigenvalue weighted by molar-refractivity contribution is 5.33. The molecule has 0 heterocycles. The molecule has 21 heavy (non-hydrogen) atoms. The lowest BCUT2D eigenvalue weighted by Crippen LogP contribution is -2.37. The third-order valence-electron chi connectivity index (χ3n) is 4.81. The molecule has 1 aromatic carbocycles. The van der Waals surface area contributed by atoms with Crippen molar-refractivity contribution in [2.45, 2.75) is 71.4 Å². The van der Waals surface area contributed by atoms with E-state index in [-0.39, 0.29) is 0 Å². The monoisotopic (exact) mass is 289 g/mol. The average molecular weight is 289 g/mol. The summed E-state index contributed by atoms with van der Waals surface area (Å²) in [6, 6.07) is 9.53. The van der Waals surface area contributed by atoms with Gasteiger partial charge in [0.2, 0.25) is 0 Å². The smallest absolute Gasteiger partial charge is 0.122 e. The van der Waals surface area contributed by atoms with Crippen LogP contribution in [0.1, 0.15) is 58.4 Å². The Labute approximate surface area is 130 Å². The topological polar surface area (TPSA) is 21.3 Å². The zero-order valence-corrected chi connectivity index (χ0v) is 14.1. The molecule has 2 atom stereocenters. The van der Waals surface area contributed by atoms with E-state index in [2.05, 4.69) is 44.3 Å². The van der Waals surface area contributed by atoms with Crippen molar-refractivity contribution in [2.24, 2.45) is 5.41 Å². The highest BCUT2D eigenvalue weighted by Crippen LogP contribution is 2.34. The predicted molar refractivity (Wildman–Crippen MR) is 89.9 cm³/mol. The number of rotatable bonds is 5. The van der Waals surface area contributed by atoms with E-state index in [9.17, 15) is 0 Å². The molecule has 2 heteroatoms. The zero-order valence-electron chi connectivity index (χ0n) is 14.1. The second-order valence-corrected chi connectivity index (χ2v) is 7.38. The Kier molecular flexibility index (Phi) is 5.69. The Morgan fingerprint density at radius 3 is 2.76 bits per heavy atom. The fourth-order valence-corrected chi connectivity index (χ4v) is 3.49. The van der Waals surface area contributed by atoms with Crippen LogP contribution < -0.4 is 10.1 Å². The van der Waals surface area contributed by atoms with Crippen LogP contribution in [0.3, 0.4) is 0 Å². The Morgan fingerprint density at radius 1 is 1.24 bits per heavy atom. The molecule has 1 fully saturated rings. The number of hydrogen-bond donors (Lipinski definition) is 1. The standard InChI is InChI=1S/C19H31NO/c1-15(14-16-8-5-6-10-18(16)21-4)20-17-9-7-12-19(2,3)13-11-17/h5-6,8,10,15,17,20H,7,9,11-14H2,1-4H3. The minimum Gasteiger partial charge on any atom is -0.496 e. The van der Waals surface area contributed by atoms with Gasteiger partial charge in [-0.15, -0.1) is 0 Å². The van der Waals surface area contributed by atoms with Gasteiger partial charge in [-0.25, -0.2) is 0 Å². The minimum atomic E-state index is 0.493. The molecule has 2 unspecified atom stereocenters. The molecule has 0 amide bonds. The molecule has 1 aliphatic rings. The lowest BCUT2D eigenvalue weighted by molar-refractivity contribution is 0.307. The van der Waals surface area contributed by atoms with Gasteiger partial charge < -0.3 is 10.1 Å². The third kappa shape index (κ3) is 5.03. The van der Waals surface area contributed by atoms with Crippen LogP contribution in [0.4, 0.5) is 0 Å². The quantitative estimate of drug-likeness (QED) is 0.801. The predicted octanol–water partition coefficient (Wildman–Crippen LogP) is 4.57. The number of hydrogen-bond acceptors (Lipinski definition) is 2. The molecule has 0 aliphatic heterocycles. The van der Waals surface area contributed by atoms with E-state index in [1.807, 2.05) is 6.07 Å². The van der Waals surface area contributed by atoms with Gasteiger partial charge in [0, 0.05) is 12.1 Å². The van der Waals surface area contributed by atoms with Gasteiger partial charge in [0.05, 0.1) is 7.11 Å². The van der Waals surface area contributed by atoms with Crippen LogP contribution in [0.25, 0.3) is 0 Å².